The van der Waals surface area contributed by atoms with Crippen molar-refractivity contribution in [2.75, 3.05) is 13.2 Å². The molecule has 4 N–H and O–H groups in total. The first-order valence-electron chi connectivity index (χ1n) is 19.5. The molecule has 1 rings (SSSR count). The highest BCUT2D eigenvalue weighted by atomic mass is 19.1. The maximum absolute atomic E-state index is 14.3. The molecule has 0 aromatic carbocycles. The van der Waals surface area contributed by atoms with Crippen LogP contribution in [0.4, 0.5) is 8.78 Å². The van der Waals surface area contributed by atoms with Gasteiger partial charge in [0.1, 0.15) is 0 Å². The van der Waals surface area contributed by atoms with Gasteiger partial charge in [-0.1, -0.05) is 128 Å². The molecule has 1 aliphatic carbocycles. The van der Waals surface area contributed by atoms with Crippen LogP contribution in [-0.4, -0.2) is 47.3 Å². The number of allylic oxidation sites excluding steroid dienone is 2. The van der Waals surface area contributed by atoms with Gasteiger partial charge >= 0.3 is 0 Å². The van der Waals surface area contributed by atoms with Crippen LogP contribution >= 0.6 is 0 Å². The lowest BCUT2D eigenvalue weighted by Gasteiger charge is -2.14. The molecule has 0 spiro atoms. The second-order valence-electron chi connectivity index (χ2n) is 13.8. The fourth-order valence-electron chi connectivity index (χ4n) is 6.44. The molecule has 0 heterocycles. The highest BCUT2D eigenvalue weighted by molar-refractivity contribution is 5.92. The summed E-state index contributed by atoms with van der Waals surface area (Å²) in [7, 11) is 0. The van der Waals surface area contributed by atoms with Crippen LogP contribution in [0.15, 0.2) is 23.8 Å². The topological polar surface area (TPSA) is 98.7 Å². The predicted octanol–water partition coefficient (Wildman–Crippen LogP) is 9.97. The fourth-order valence-corrected chi connectivity index (χ4v) is 6.44. The zero-order valence-electron chi connectivity index (χ0n) is 29.7. The number of amides is 2. The normalized spacial score (nSPS) is 16.9. The molecule has 1 aliphatic rings. The van der Waals surface area contributed by atoms with E-state index < -0.39 is 23.5 Å². The molecule has 2 amide bonds. The molecule has 274 valence electrons. The Balaban J connectivity index is 2.04. The molecule has 2 atom stereocenters. The first kappa shape index (κ1) is 43.2. The Morgan fingerprint density at radius 1 is 0.468 bits per heavy atom. The van der Waals surface area contributed by atoms with E-state index in [0.29, 0.717) is 45.3 Å². The summed E-state index contributed by atoms with van der Waals surface area (Å²) in [6.45, 7) is 0.607. The number of aliphatic hydroxyl groups is 2. The van der Waals surface area contributed by atoms with Gasteiger partial charge in [0, 0.05) is 25.3 Å². The maximum Gasteiger partial charge on any atom is 0.279 e. The van der Waals surface area contributed by atoms with E-state index in [1.165, 1.54) is 102 Å². The van der Waals surface area contributed by atoms with Crippen molar-refractivity contribution in [1.29, 1.82) is 0 Å². The Kier molecular flexibility index (Phi) is 28.9. The van der Waals surface area contributed by atoms with E-state index in [0.717, 1.165) is 64.2 Å². The lowest BCUT2D eigenvalue weighted by atomic mass is 10.0. The maximum atomic E-state index is 14.3. The second-order valence-corrected chi connectivity index (χ2v) is 13.8. The summed E-state index contributed by atoms with van der Waals surface area (Å²) < 4.78 is 28.7. The van der Waals surface area contributed by atoms with E-state index >= 15 is 0 Å². The number of rotatable bonds is 32. The number of hydrogen-bond acceptors (Lipinski definition) is 4. The molecule has 0 saturated heterocycles. The smallest absolute Gasteiger partial charge is 0.279 e. The highest BCUT2D eigenvalue weighted by Crippen LogP contribution is 2.21. The van der Waals surface area contributed by atoms with E-state index in [2.05, 4.69) is 10.6 Å². The molecule has 0 unspecified atom stereocenters. The van der Waals surface area contributed by atoms with Crippen molar-refractivity contribution in [2.45, 2.75) is 198 Å². The van der Waals surface area contributed by atoms with E-state index in [-0.39, 0.29) is 12.1 Å². The lowest BCUT2D eigenvalue weighted by Crippen LogP contribution is -2.37. The monoisotopic (exact) mass is 669 g/mol. The van der Waals surface area contributed by atoms with Crippen LogP contribution in [0.3, 0.4) is 0 Å². The van der Waals surface area contributed by atoms with E-state index in [9.17, 15) is 18.4 Å². The van der Waals surface area contributed by atoms with Gasteiger partial charge in [0.25, 0.3) is 11.8 Å². The Morgan fingerprint density at radius 2 is 0.723 bits per heavy atom. The molecule has 0 aromatic heterocycles. The van der Waals surface area contributed by atoms with Crippen molar-refractivity contribution in [2.24, 2.45) is 0 Å². The second kappa shape index (κ2) is 31.5. The molecule has 0 radical (unpaired) electrons. The third-order valence-corrected chi connectivity index (χ3v) is 9.41. The van der Waals surface area contributed by atoms with Crippen LogP contribution in [0.1, 0.15) is 186 Å². The third-order valence-electron chi connectivity index (χ3n) is 9.41. The summed E-state index contributed by atoms with van der Waals surface area (Å²) in [5, 5.41) is 23.0. The van der Waals surface area contributed by atoms with Crippen molar-refractivity contribution in [3.05, 3.63) is 23.8 Å². The molecular weight excluding hydrogens is 598 g/mol. The van der Waals surface area contributed by atoms with Gasteiger partial charge in [-0.15, -0.1) is 0 Å². The van der Waals surface area contributed by atoms with Crippen LogP contribution < -0.4 is 10.6 Å². The zero-order valence-corrected chi connectivity index (χ0v) is 29.7. The molecule has 8 heteroatoms. The number of carbonyl (C=O) groups excluding carboxylic acids is 2. The minimum Gasteiger partial charge on any atom is -0.396 e. The number of aliphatic hydroxyl groups excluding tert-OH is 2. The average molecular weight is 669 g/mol. The summed E-state index contributed by atoms with van der Waals surface area (Å²) >= 11 is 0. The van der Waals surface area contributed by atoms with Gasteiger partial charge in [-0.2, -0.15) is 0 Å². The molecule has 47 heavy (non-hydrogen) atoms. The molecule has 0 bridgehead atoms. The van der Waals surface area contributed by atoms with Gasteiger partial charge in [-0.3, -0.25) is 9.59 Å². The largest absolute Gasteiger partial charge is 0.396 e. The van der Waals surface area contributed by atoms with Gasteiger partial charge in [-0.25, -0.2) is 8.78 Å². The highest BCUT2D eigenvalue weighted by Gasteiger charge is 2.28. The minimum atomic E-state index is -0.744. The SMILES string of the molecule is O=C(N[C@@H]1CC[C@H](NC(=O)/C(F)=C\CCCCCCCCCCCCCCO)C1)/C(F)=C\CCCCCCCCCCCCCCO. The minimum absolute atomic E-state index is 0.226. The first-order chi connectivity index (χ1) is 23.0. The lowest BCUT2D eigenvalue weighted by molar-refractivity contribution is -0.119. The summed E-state index contributed by atoms with van der Waals surface area (Å²) in [6, 6.07) is -0.451. The Bertz CT molecular complexity index is 770. The van der Waals surface area contributed by atoms with Gasteiger partial charge in [0.2, 0.25) is 0 Å². The summed E-state index contributed by atoms with van der Waals surface area (Å²) in [4.78, 5) is 24.6. The van der Waals surface area contributed by atoms with Crippen LogP contribution in [0, 0.1) is 0 Å². The summed E-state index contributed by atoms with van der Waals surface area (Å²) in [6.07, 6.45) is 33.3. The van der Waals surface area contributed by atoms with E-state index in [1.807, 2.05) is 0 Å². The number of hydrogen-bond donors (Lipinski definition) is 4. The Labute approximate surface area is 286 Å². The fraction of sp³-hybridized carbons (Fsp3) is 0.846. The molecule has 0 aliphatic heterocycles. The quantitative estimate of drug-likeness (QED) is 0.0424. The van der Waals surface area contributed by atoms with Gasteiger partial charge < -0.3 is 20.8 Å². The van der Waals surface area contributed by atoms with Crippen molar-refractivity contribution >= 4 is 11.8 Å². The molecule has 1 fully saturated rings. The van der Waals surface area contributed by atoms with Gasteiger partial charge in [-0.05, 0) is 69.9 Å². The van der Waals surface area contributed by atoms with E-state index in [1.54, 1.807) is 0 Å². The van der Waals surface area contributed by atoms with Crippen molar-refractivity contribution in [1.82, 2.24) is 10.6 Å². The average Bonchev–Trinajstić information content (AvgIpc) is 3.50. The number of carbonyl (C=O) groups is 2. The summed E-state index contributed by atoms with van der Waals surface area (Å²) in [5.74, 6) is -2.89. The van der Waals surface area contributed by atoms with Crippen molar-refractivity contribution < 1.29 is 28.6 Å². The molecule has 6 nitrogen and oxygen atoms in total. The van der Waals surface area contributed by atoms with E-state index in [4.69, 9.17) is 10.2 Å². The molecule has 0 aromatic rings. The Morgan fingerprint density at radius 3 is 1.00 bits per heavy atom. The standard InChI is InChI=1S/C39H70F2N2O4/c40-36(27-23-19-15-11-7-3-1-5-9-13-17-21-25-31-44)38(46)42-34-29-30-35(33-34)43-39(47)37(41)28-24-20-16-12-8-4-2-6-10-14-18-22-26-32-45/h27-28,34-35,44-45H,1-26,29-33H2,(H,42,46)(H,43,47)/b36-27+,37-28+/t34-,35+. The summed E-state index contributed by atoms with van der Waals surface area (Å²) in [5.41, 5.74) is 0. The van der Waals surface area contributed by atoms with Crippen LogP contribution in [0.5, 0.6) is 0 Å². The number of halogens is 2. The molecular formula is C39H70F2N2O4. The number of nitrogens with one attached hydrogen (secondary N) is 2. The third kappa shape index (κ3) is 25.8. The van der Waals surface area contributed by atoms with Crippen LogP contribution in [0.2, 0.25) is 0 Å². The van der Waals surface area contributed by atoms with Crippen molar-refractivity contribution in [3.8, 4) is 0 Å². The predicted molar refractivity (Wildman–Crippen MR) is 190 cm³/mol. The first-order valence-corrected chi connectivity index (χ1v) is 19.5. The van der Waals surface area contributed by atoms with Crippen LogP contribution in [-0.2, 0) is 9.59 Å². The Hall–Kier alpha value is -1.80. The number of unbranched alkanes of at least 4 members (excludes halogenated alkanes) is 24. The molecule has 1 saturated carbocycles. The van der Waals surface area contributed by atoms with Crippen molar-refractivity contribution in [3.63, 3.8) is 0 Å². The van der Waals surface area contributed by atoms with Gasteiger partial charge in [0.15, 0.2) is 11.7 Å². The zero-order chi connectivity index (χ0) is 34.2. The van der Waals surface area contributed by atoms with Gasteiger partial charge in [0.05, 0.1) is 0 Å². The van der Waals surface area contributed by atoms with Crippen LogP contribution in [0.25, 0.3) is 0 Å².